The van der Waals surface area contributed by atoms with Crippen molar-refractivity contribution in [1.29, 1.82) is 0 Å². The lowest BCUT2D eigenvalue weighted by Gasteiger charge is -2.12. The Balaban J connectivity index is 2.01. The van der Waals surface area contributed by atoms with Crippen LogP contribution in [-0.2, 0) is 11.2 Å². The number of carbonyl (C=O) groups excluding carboxylic acids is 1. The van der Waals surface area contributed by atoms with E-state index in [1.54, 1.807) is 0 Å². The van der Waals surface area contributed by atoms with Crippen molar-refractivity contribution in [2.24, 2.45) is 0 Å². The standard InChI is InChI=1S/C13H17N5OS2/c1-4-9(20-11-6-8(3)14-7-15-11)12(19)16-13-18-17-10(5-2)21-13/h6-7,9H,4-5H2,1-3H3,(H,16,18,19)/t9-/m0/s1. The number of anilines is 1. The van der Waals surface area contributed by atoms with Gasteiger partial charge in [-0.1, -0.05) is 36.9 Å². The zero-order valence-corrected chi connectivity index (χ0v) is 13.8. The molecule has 0 spiro atoms. The lowest BCUT2D eigenvalue weighted by molar-refractivity contribution is -0.115. The fourth-order valence-electron chi connectivity index (χ4n) is 1.60. The van der Waals surface area contributed by atoms with Gasteiger partial charge in [0.2, 0.25) is 11.0 Å². The van der Waals surface area contributed by atoms with Crippen molar-refractivity contribution in [1.82, 2.24) is 20.2 Å². The molecule has 0 unspecified atom stereocenters. The molecule has 2 rings (SSSR count). The van der Waals surface area contributed by atoms with Gasteiger partial charge < -0.3 is 0 Å². The van der Waals surface area contributed by atoms with Crippen LogP contribution in [-0.4, -0.2) is 31.3 Å². The molecule has 0 fully saturated rings. The number of carbonyl (C=O) groups is 1. The van der Waals surface area contributed by atoms with Gasteiger partial charge in [-0.25, -0.2) is 9.97 Å². The molecule has 112 valence electrons. The second-order valence-electron chi connectivity index (χ2n) is 4.36. The van der Waals surface area contributed by atoms with Crippen LogP contribution in [0.15, 0.2) is 17.4 Å². The Labute approximate surface area is 131 Å². The molecule has 21 heavy (non-hydrogen) atoms. The van der Waals surface area contributed by atoms with E-state index in [0.717, 1.165) is 22.1 Å². The topological polar surface area (TPSA) is 80.7 Å². The Morgan fingerprint density at radius 1 is 1.38 bits per heavy atom. The number of aromatic nitrogens is 4. The van der Waals surface area contributed by atoms with Crippen molar-refractivity contribution in [2.45, 2.75) is 43.9 Å². The number of hydrogen-bond acceptors (Lipinski definition) is 7. The van der Waals surface area contributed by atoms with Crippen LogP contribution in [0.2, 0.25) is 0 Å². The third kappa shape index (κ3) is 4.47. The van der Waals surface area contributed by atoms with Gasteiger partial charge in [-0.2, -0.15) is 0 Å². The third-order valence-electron chi connectivity index (χ3n) is 2.70. The molecule has 2 aromatic heterocycles. The number of thioether (sulfide) groups is 1. The van der Waals surface area contributed by atoms with E-state index in [-0.39, 0.29) is 11.2 Å². The summed E-state index contributed by atoms with van der Waals surface area (Å²) in [5.41, 5.74) is 0.888. The molecule has 0 aliphatic rings. The van der Waals surface area contributed by atoms with Gasteiger partial charge >= 0.3 is 0 Å². The number of amides is 1. The van der Waals surface area contributed by atoms with E-state index >= 15 is 0 Å². The Kier molecular flexibility index (Phi) is 5.63. The summed E-state index contributed by atoms with van der Waals surface area (Å²) in [5.74, 6) is -0.0717. The zero-order chi connectivity index (χ0) is 15.2. The largest absolute Gasteiger partial charge is 0.300 e. The Morgan fingerprint density at radius 2 is 2.19 bits per heavy atom. The predicted molar refractivity (Wildman–Crippen MR) is 84.6 cm³/mol. The van der Waals surface area contributed by atoms with Crippen LogP contribution in [0.4, 0.5) is 5.13 Å². The molecule has 6 nitrogen and oxygen atoms in total. The van der Waals surface area contributed by atoms with Gasteiger partial charge in [0.05, 0.1) is 5.25 Å². The van der Waals surface area contributed by atoms with Crippen LogP contribution >= 0.6 is 23.1 Å². The first-order valence-electron chi connectivity index (χ1n) is 6.71. The summed E-state index contributed by atoms with van der Waals surface area (Å²) in [6, 6.07) is 1.88. The molecule has 0 aliphatic heterocycles. The van der Waals surface area contributed by atoms with E-state index in [0.29, 0.717) is 11.6 Å². The normalized spacial score (nSPS) is 12.1. The zero-order valence-electron chi connectivity index (χ0n) is 12.2. The molecule has 0 aliphatic carbocycles. The maximum Gasteiger partial charge on any atom is 0.239 e. The highest BCUT2D eigenvalue weighted by Crippen LogP contribution is 2.25. The van der Waals surface area contributed by atoms with E-state index in [4.69, 9.17) is 0 Å². The molecule has 2 aromatic rings. The molecular formula is C13H17N5OS2. The Morgan fingerprint density at radius 3 is 2.81 bits per heavy atom. The summed E-state index contributed by atoms with van der Waals surface area (Å²) in [6.45, 7) is 5.89. The van der Waals surface area contributed by atoms with Gasteiger partial charge in [0.1, 0.15) is 16.4 Å². The fourth-order valence-corrected chi connectivity index (χ4v) is 3.25. The second-order valence-corrected chi connectivity index (χ2v) is 6.64. The predicted octanol–water partition coefficient (Wildman–Crippen LogP) is 2.71. The fraction of sp³-hybridized carbons (Fsp3) is 0.462. The van der Waals surface area contributed by atoms with Gasteiger partial charge in [0.15, 0.2) is 0 Å². The highest BCUT2D eigenvalue weighted by Gasteiger charge is 2.20. The highest BCUT2D eigenvalue weighted by molar-refractivity contribution is 8.00. The monoisotopic (exact) mass is 323 g/mol. The van der Waals surface area contributed by atoms with Crippen molar-refractivity contribution in [3.63, 3.8) is 0 Å². The van der Waals surface area contributed by atoms with Gasteiger partial charge in [-0.05, 0) is 25.8 Å². The molecule has 0 saturated carbocycles. The molecule has 0 aromatic carbocycles. The van der Waals surface area contributed by atoms with Crippen molar-refractivity contribution in [3.05, 3.63) is 23.1 Å². The number of hydrogen-bond donors (Lipinski definition) is 1. The first kappa shape index (κ1) is 15.8. The Bertz CT molecular complexity index is 616. The van der Waals surface area contributed by atoms with E-state index in [1.807, 2.05) is 26.8 Å². The van der Waals surface area contributed by atoms with Crippen LogP contribution in [0.3, 0.4) is 0 Å². The molecule has 1 atom stereocenters. The van der Waals surface area contributed by atoms with Gasteiger partial charge in [-0.15, -0.1) is 10.2 Å². The van der Waals surface area contributed by atoms with E-state index < -0.39 is 0 Å². The average molecular weight is 323 g/mol. The SMILES string of the molecule is CCc1nnc(NC(=O)[C@H](CC)Sc2cc(C)ncn2)s1. The van der Waals surface area contributed by atoms with Crippen molar-refractivity contribution < 1.29 is 4.79 Å². The molecule has 2 heterocycles. The quantitative estimate of drug-likeness (QED) is 0.650. The van der Waals surface area contributed by atoms with Gasteiger partial charge in [0.25, 0.3) is 0 Å². The smallest absolute Gasteiger partial charge is 0.239 e. The maximum absolute atomic E-state index is 12.3. The minimum Gasteiger partial charge on any atom is -0.300 e. The van der Waals surface area contributed by atoms with Crippen LogP contribution < -0.4 is 5.32 Å². The Hall–Kier alpha value is -1.54. The van der Waals surface area contributed by atoms with Crippen molar-refractivity contribution in [3.8, 4) is 0 Å². The summed E-state index contributed by atoms with van der Waals surface area (Å²) in [7, 11) is 0. The van der Waals surface area contributed by atoms with Gasteiger partial charge in [0, 0.05) is 5.69 Å². The maximum atomic E-state index is 12.3. The van der Waals surface area contributed by atoms with E-state index in [9.17, 15) is 4.79 Å². The number of rotatable bonds is 6. The first-order chi connectivity index (χ1) is 10.1. The lowest BCUT2D eigenvalue weighted by atomic mass is 10.3. The lowest BCUT2D eigenvalue weighted by Crippen LogP contribution is -2.24. The van der Waals surface area contributed by atoms with E-state index in [1.165, 1.54) is 29.4 Å². The van der Waals surface area contributed by atoms with Crippen molar-refractivity contribution >= 4 is 34.1 Å². The molecular weight excluding hydrogens is 306 g/mol. The summed E-state index contributed by atoms with van der Waals surface area (Å²) in [5, 5.41) is 12.8. The number of aryl methyl sites for hydroxylation is 2. The van der Waals surface area contributed by atoms with Crippen LogP contribution in [0.1, 0.15) is 31.0 Å². The minimum absolute atomic E-state index is 0.0717. The molecule has 0 saturated heterocycles. The first-order valence-corrected chi connectivity index (χ1v) is 8.40. The van der Waals surface area contributed by atoms with Crippen LogP contribution in [0.5, 0.6) is 0 Å². The molecule has 0 radical (unpaired) electrons. The van der Waals surface area contributed by atoms with E-state index in [2.05, 4.69) is 25.5 Å². The molecule has 8 heteroatoms. The van der Waals surface area contributed by atoms with Crippen molar-refractivity contribution in [2.75, 3.05) is 5.32 Å². The van der Waals surface area contributed by atoms with Gasteiger partial charge in [-0.3, -0.25) is 10.1 Å². The molecule has 0 bridgehead atoms. The molecule has 1 N–H and O–H groups in total. The molecule has 1 amide bonds. The third-order valence-corrected chi connectivity index (χ3v) is 4.98. The minimum atomic E-state index is -0.215. The average Bonchev–Trinajstić information content (AvgIpc) is 2.92. The summed E-state index contributed by atoms with van der Waals surface area (Å²) >= 11 is 2.84. The summed E-state index contributed by atoms with van der Waals surface area (Å²) in [4.78, 5) is 20.5. The highest BCUT2D eigenvalue weighted by atomic mass is 32.2. The van der Waals surface area contributed by atoms with Crippen LogP contribution in [0.25, 0.3) is 0 Å². The summed E-state index contributed by atoms with van der Waals surface area (Å²) < 4.78 is 0. The number of nitrogens with zero attached hydrogens (tertiary/aromatic N) is 4. The number of nitrogens with one attached hydrogen (secondary N) is 1. The van der Waals surface area contributed by atoms with Crippen LogP contribution in [0, 0.1) is 6.92 Å². The second kappa shape index (κ2) is 7.46. The summed E-state index contributed by atoms with van der Waals surface area (Å²) in [6.07, 6.45) is 3.04.